The number of alkyl halides is 5. The molecule has 2 nitrogen and oxygen atoms in total. The molecule has 0 spiro atoms. The fourth-order valence-corrected chi connectivity index (χ4v) is 1.86. The molecular formula is C16H13F5NO. The summed E-state index contributed by atoms with van der Waals surface area (Å²) in [6.45, 7) is 0. The Bertz CT molecular complexity index is 559. The number of ether oxygens (including phenoxy) is 1. The molecule has 0 aliphatic carbocycles. The lowest BCUT2D eigenvalue weighted by molar-refractivity contribution is -0.399. The van der Waals surface area contributed by atoms with Crippen molar-refractivity contribution >= 4 is 5.69 Å². The van der Waals surface area contributed by atoms with Gasteiger partial charge in [0.2, 0.25) is 0 Å². The van der Waals surface area contributed by atoms with E-state index in [-0.39, 0.29) is 6.42 Å². The molecule has 0 aliphatic heterocycles. The summed E-state index contributed by atoms with van der Waals surface area (Å²) in [6, 6.07) is 17.0. The third-order valence-corrected chi connectivity index (χ3v) is 2.93. The largest absolute Gasteiger partial charge is 0.483 e. The van der Waals surface area contributed by atoms with Crippen LogP contribution in [-0.2, 0) is 11.2 Å². The van der Waals surface area contributed by atoms with Crippen LogP contribution >= 0.6 is 0 Å². The van der Waals surface area contributed by atoms with E-state index in [0.717, 1.165) is 0 Å². The molecule has 1 atom stereocenters. The van der Waals surface area contributed by atoms with Crippen LogP contribution in [-0.4, -0.2) is 18.5 Å². The van der Waals surface area contributed by atoms with Gasteiger partial charge in [-0.1, -0.05) is 42.5 Å². The third kappa shape index (κ3) is 4.92. The fourth-order valence-electron chi connectivity index (χ4n) is 1.86. The highest BCUT2D eigenvalue weighted by molar-refractivity contribution is 5.43. The first-order valence-corrected chi connectivity index (χ1v) is 6.67. The molecule has 0 aliphatic rings. The van der Waals surface area contributed by atoms with Gasteiger partial charge in [-0.2, -0.15) is 22.0 Å². The highest BCUT2D eigenvalue weighted by Crippen LogP contribution is 2.37. The molecule has 0 bridgehead atoms. The maximum absolute atomic E-state index is 13.2. The molecule has 1 radical (unpaired) electrons. The minimum Gasteiger partial charge on any atom is -0.360 e. The van der Waals surface area contributed by atoms with E-state index in [0.29, 0.717) is 11.3 Å². The Kier molecular flexibility index (Phi) is 5.20. The Hall–Kier alpha value is -2.15. The standard InChI is InChI=1S/C16H13F5NO/c17-15(18,19)16(20,21)23-14(11-12-7-3-1-4-8-12)22-13-9-5-2-6-10-13/h1,3-10,14,22H,11H2. The smallest absolute Gasteiger partial charge is 0.360 e. The predicted molar refractivity (Wildman–Crippen MR) is 74.9 cm³/mol. The van der Waals surface area contributed by atoms with Gasteiger partial charge in [0.1, 0.15) is 6.23 Å². The quantitative estimate of drug-likeness (QED) is 0.615. The molecule has 2 aromatic rings. The first-order chi connectivity index (χ1) is 10.8. The van der Waals surface area contributed by atoms with Gasteiger partial charge in [0.15, 0.2) is 0 Å². The molecule has 0 saturated heterocycles. The van der Waals surface area contributed by atoms with Crippen molar-refractivity contribution < 1.29 is 26.7 Å². The lowest BCUT2D eigenvalue weighted by atomic mass is 10.1. The van der Waals surface area contributed by atoms with Gasteiger partial charge >= 0.3 is 12.3 Å². The lowest BCUT2D eigenvalue weighted by Gasteiger charge is -2.27. The van der Waals surface area contributed by atoms with Crippen molar-refractivity contribution in [1.82, 2.24) is 0 Å². The van der Waals surface area contributed by atoms with Gasteiger partial charge in [0.25, 0.3) is 0 Å². The van der Waals surface area contributed by atoms with Gasteiger partial charge in [-0.3, -0.25) is 4.74 Å². The second-order valence-corrected chi connectivity index (χ2v) is 4.74. The van der Waals surface area contributed by atoms with E-state index in [4.69, 9.17) is 0 Å². The summed E-state index contributed by atoms with van der Waals surface area (Å²) in [6.07, 6.45) is -12.8. The van der Waals surface area contributed by atoms with E-state index >= 15 is 0 Å². The van der Waals surface area contributed by atoms with E-state index in [9.17, 15) is 22.0 Å². The zero-order valence-corrected chi connectivity index (χ0v) is 11.8. The molecule has 0 aromatic heterocycles. The molecular weight excluding hydrogens is 317 g/mol. The number of rotatable bonds is 6. The van der Waals surface area contributed by atoms with Crippen LogP contribution in [0.2, 0.25) is 0 Å². The molecule has 0 heterocycles. The van der Waals surface area contributed by atoms with Crippen LogP contribution < -0.4 is 5.32 Å². The summed E-state index contributed by atoms with van der Waals surface area (Å²) >= 11 is 0. The maximum atomic E-state index is 13.2. The average Bonchev–Trinajstić information content (AvgIpc) is 2.47. The number of hydrogen-bond acceptors (Lipinski definition) is 2. The van der Waals surface area contributed by atoms with E-state index in [1.54, 1.807) is 30.3 Å². The molecule has 1 unspecified atom stereocenters. The number of halogens is 5. The van der Waals surface area contributed by atoms with Crippen molar-refractivity contribution in [2.75, 3.05) is 5.32 Å². The zero-order chi connectivity index (χ0) is 16.9. The van der Waals surface area contributed by atoms with Crippen LogP contribution in [0.4, 0.5) is 27.6 Å². The van der Waals surface area contributed by atoms with Crippen molar-refractivity contribution in [2.45, 2.75) is 24.9 Å². The van der Waals surface area contributed by atoms with Crippen LogP contribution in [0.5, 0.6) is 0 Å². The van der Waals surface area contributed by atoms with Gasteiger partial charge in [-0.15, -0.1) is 0 Å². The Morgan fingerprint density at radius 3 is 2.13 bits per heavy atom. The number of hydrogen-bond donors (Lipinski definition) is 1. The van der Waals surface area contributed by atoms with Gasteiger partial charge in [0, 0.05) is 12.1 Å². The first kappa shape index (κ1) is 17.2. The van der Waals surface area contributed by atoms with Crippen molar-refractivity contribution in [1.29, 1.82) is 0 Å². The Labute approximate surface area is 129 Å². The van der Waals surface area contributed by atoms with Crippen LogP contribution in [0.25, 0.3) is 0 Å². The second kappa shape index (κ2) is 6.95. The second-order valence-electron chi connectivity index (χ2n) is 4.74. The average molecular weight is 330 g/mol. The summed E-state index contributed by atoms with van der Waals surface area (Å²) in [4.78, 5) is 0. The Morgan fingerprint density at radius 1 is 0.957 bits per heavy atom. The van der Waals surface area contributed by atoms with Crippen molar-refractivity contribution in [3.63, 3.8) is 0 Å². The Morgan fingerprint density at radius 2 is 1.57 bits per heavy atom. The number of anilines is 1. The maximum Gasteiger partial charge on any atom is 0.483 e. The summed E-state index contributed by atoms with van der Waals surface area (Å²) in [5.41, 5.74) is 0.910. The highest BCUT2D eigenvalue weighted by atomic mass is 19.4. The van der Waals surface area contributed by atoms with Gasteiger partial charge < -0.3 is 5.32 Å². The monoisotopic (exact) mass is 330 g/mol. The van der Waals surface area contributed by atoms with Gasteiger partial charge in [-0.25, -0.2) is 0 Å². The molecule has 0 amide bonds. The Balaban J connectivity index is 2.17. The summed E-state index contributed by atoms with van der Waals surface area (Å²) in [5.74, 6) is 0. The molecule has 23 heavy (non-hydrogen) atoms. The van der Waals surface area contributed by atoms with Crippen LogP contribution in [0.15, 0.2) is 54.6 Å². The third-order valence-electron chi connectivity index (χ3n) is 2.93. The highest BCUT2D eigenvalue weighted by Gasteiger charge is 2.60. The minimum absolute atomic E-state index is 0.162. The summed E-state index contributed by atoms with van der Waals surface area (Å²) in [7, 11) is 0. The van der Waals surface area contributed by atoms with Crippen LogP contribution in [0, 0.1) is 6.07 Å². The SMILES string of the molecule is FC(F)(F)C(F)(F)OC(Cc1ccccc1)Nc1cc[c]cc1. The summed E-state index contributed by atoms with van der Waals surface area (Å²) < 4.78 is 67.5. The van der Waals surface area contributed by atoms with Crippen LogP contribution in [0.3, 0.4) is 0 Å². The van der Waals surface area contributed by atoms with E-state index < -0.39 is 18.5 Å². The molecule has 0 saturated carbocycles. The number of benzene rings is 2. The topological polar surface area (TPSA) is 21.3 Å². The zero-order valence-electron chi connectivity index (χ0n) is 11.8. The van der Waals surface area contributed by atoms with Crippen LogP contribution in [0.1, 0.15) is 5.56 Å². The normalized spacial score (nSPS) is 13.6. The fraction of sp³-hybridized carbons (Fsp3) is 0.250. The predicted octanol–water partition coefficient (Wildman–Crippen LogP) is 4.64. The van der Waals surface area contributed by atoms with E-state index in [1.165, 1.54) is 24.3 Å². The van der Waals surface area contributed by atoms with Crippen molar-refractivity contribution in [3.05, 3.63) is 66.2 Å². The van der Waals surface area contributed by atoms with Gasteiger partial charge in [-0.05, 0) is 23.8 Å². The minimum atomic E-state index is -5.78. The molecule has 123 valence electrons. The molecule has 1 N–H and O–H groups in total. The van der Waals surface area contributed by atoms with E-state index in [1.807, 2.05) is 0 Å². The molecule has 2 aromatic carbocycles. The number of nitrogens with one attached hydrogen (secondary N) is 1. The van der Waals surface area contributed by atoms with Crippen molar-refractivity contribution in [2.24, 2.45) is 0 Å². The molecule has 2 rings (SSSR count). The van der Waals surface area contributed by atoms with E-state index in [2.05, 4.69) is 16.1 Å². The first-order valence-electron chi connectivity index (χ1n) is 6.67. The van der Waals surface area contributed by atoms with Crippen molar-refractivity contribution in [3.8, 4) is 0 Å². The molecule has 0 fully saturated rings. The van der Waals surface area contributed by atoms with Gasteiger partial charge in [0.05, 0.1) is 0 Å². The summed E-state index contributed by atoms with van der Waals surface area (Å²) in [5, 5.41) is 2.53. The molecule has 7 heteroatoms. The lowest BCUT2D eigenvalue weighted by Crippen LogP contribution is -2.44.